The predicted molar refractivity (Wildman–Crippen MR) is 83.8 cm³/mol. The molecule has 0 saturated carbocycles. The Labute approximate surface area is 131 Å². The second-order valence-corrected chi connectivity index (χ2v) is 5.48. The number of nitriles is 1. The van der Waals surface area contributed by atoms with E-state index in [4.69, 9.17) is 10.00 Å². The van der Waals surface area contributed by atoms with Gasteiger partial charge in [-0.1, -0.05) is 22.0 Å². The van der Waals surface area contributed by atoms with E-state index >= 15 is 0 Å². The lowest BCUT2D eigenvalue weighted by Crippen LogP contribution is -2.08. The zero-order valence-electron chi connectivity index (χ0n) is 11.7. The fraction of sp³-hybridized carbons (Fsp3) is 0.188. The molecule has 0 radical (unpaired) electrons. The molecule has 2 rings (SSSR count). The Morgan fingerprint density at radius 3 is 2.67 bits per heavy atom. The van der Waals surface area contributed by atoms with Gasteiger partial charge in [-0.05, 0) is 42.8 Å². The summed E-state index contributed by atoms with van der Waals surface area (Å²) in [5, 5.41) is 12.4. The first-order valence-corrected chi connectivity index (χ1v) is 7.14. The van der Waals surface area contributed by atoms with E-state index in [9.17, 15) is 4.39 Å². The first kappa shape index (κ1) is 15.3. The van der Waals surface area contributed by atoms with Crippen molar-refractivity contribution in [2.24, 2.45) is 0 Å². The minimum atomic E-state index is -0.403. The van der Waals surface area contributed by atoms with Crippen LogP contribution in [0.25, 0.3) is 0 Å². The van der Waals surface area contributed by atoms with Gasteiger partial charge in [0.25, 0.3) is 0 Å². The van der Waals surface area contributed by atoms with E-state index in [-0.39, 0.29) is 11.8 Å². The third-order valence-corrected chi connectivity index (χ3v) is 3.64. The summed E-state index contributed by atoms with van der Waals surface area (Å²) in [7, 11) is 1.43. The minimum absolute atomic E-state index is 0.140. The van der Waals surface area contributed by atoms with Crippen molar-refractivity contribution in [2.45, 2.75) is 13.0 Å². The van der Waals surface area contributed by atoms with Crippen LogP contribution in [0.15, 0.2) is 40.9 Å². The van der Waals surface area contributed by atoms with E-state index in [1.165, 1.54) is 13.2 Å². The third kappa shape index (κ3) is 3.53. The SMILES string of the molecule is COc1ccc(C(C)Nc2ccc(Br)cc2C#N)cc1F. The molecule has 0 aliphatic carbocycles. The topological polar surface area (TPSA) is 45.0 Å². The standard InChI is InChI=1S/C16H14BrFN2O/c1-10(11-3-6-16(21-2)14(18)8-11)20-15-5-4-13(17)7-12(15)9-19/h3-8,10,20H,1-2H3. The maximum atomic E-state index is 13.7. The highest BCUT2D eigenvalue weighted by Gasteiger charge is 2.11. The van der Waals surface area contributed by atoms with Gasteiger partial charge in [-0.3, -0.25) is 0 Å². The summed E-state index contributed by atoms with van der Waals surface area (Å²) in [5.74, 6) is -0.188. The van der Waals surface area contributed by atoms with E-state index in [0.29, 0.717) is 11.3 Å². The zero-order valence-corrected chi connectivity index (χ0v) is 13.2. The summed E-state index contributed by atoms with van der Waals surface area (Å²) >= 11 is 3.33. The molecule has 2 aromatic carbocycles. The zero-order chi connectivity index (χ0) is 15.4. The average molecular weight is 349 g/mol. The highest BCUT2D eigenvalue weighted by Crippen LogP contribution is 2.27. The fourth-order valence-electron chi connectivity index (χ4n) is 2.00. The summed E-state index contributed by atoms with van der Waals surface area (Å²) < 4.78 is 19.5. The van der Waals surface area contributed by atoms with Crippen molar-refractivity contribution in [3.8, 4) is 11.8 Å². The van der Waals surface area contributed by atoms with Crippen LogP contribution in [0.3, 0.4) is 0 Å². The molecule has 2 aromatic rings. The molecule has 0 amide bonds. The summed E-state index contributed by atoms with van der Waals surface area (Å²) in [6.07, 6.45) is 0. The van der Waals surface area contributed by atoms with Crippen LogP contribution in [0.2, 0.25) is 0 Å². The van der Waals surface area contributed by atoms with Crippen LogP contribution < -0.4 is 10.1 Å². The Bertz CT molecular complexity index is 697. The number of hydrogen-bond donors (Lipinski definition) is 1. The van der Waals surface area contributed by atoms with Gasteiger partial charge in [0, 0.05) is 10.5 Å². The number of nitrogens with one attached hydrogen (secondary N) is 1. The molecule has 1 unspecified atom stereocenters. The van der Waals surface area contributed by atoms with Crippen LogP contribution >= 0.6 is 15.9 Å². The van der Waals surface area contributed by atoms with Gasteiger partial charge in [0.2, 0.25) is 0 Å². The molecule has 1 atom stereocenters. The van der Waals surface area contributed by atoms with Crippen LogP contribution in [0.4, 0.5) is 10.1 Å². The van der Waals surface area contributed by atoms with Gasteiger partial charge in [-0.15, -0.1) is 0 Å². The molecule has 3 nitrogen and oxygen atoms in total. The van der Waals surface area contributed by atoms with Crippen LogP contribution in [0.5, 0.6) is 5.75 Å². The summed E-state index contributed by atoms with van der Waals surface area (Å²) in [5.41, 5.74) is 2.02. The molecule has 0 heterocycles. The van der Waals surface area contributed by atoms with E-state index in [0.717, 1.165) is 10.0 Å². The largest absolute Gasteiger partial charge is 0.494 e. The van der Waals surface area contributed by atoms with Crippen molar-refractivity contribution in [2.75, 3.05) is 12.4 Å². The molecular weight excluding hydrogens is 335 g/mol. The minimum Gasteiger partial charge on any atom is -0.494 e. The molecule has 0 aromatic heterocycles. The van der Waals surface area contributed by atoms with Crippen molar-refractivity contribution in [1.29, 1.82) is 5.26 Å². The van der Waals surface area contributed by atoms with Crippen molar-refractivity contribution in [1.82, 2.24) is 0 Å². The first-order valence-electron chi connectivity index (χ1n) is 6.34. The highest BCUT2D eigenvalue weighted by atomic mass is 79.9. The maximum absolute atomic E-state index is 13.7. The van der Waals surface area contributed by atoms with Crippen molar-refractivity contribution >= 4 is 21.6 Å². The third-order valence-electron chi connectivity index (χ3n) is 3.15. The lowest BCUT2D eigenvalue weighted by molar-refractivity contribution is 0.386. The molecule has 1 N–H and O–H groups in total. The lowest BCUT2D eigenvalue weighted by atomic mass is 10.1. The van der Waals surface area contributed by atoms with Gasteiger partial charge in [-0.25, -0.2) is 4.39 Å². The first-order chi connectivity index (χ1) is 10.0. The number of rotatable bonds is 4. The number of ether oxygens (including phenoxy) is 1. The number of hydrogen-bond acceptors (Lipinski definition) is 3. The molecule has 0 fully saturated rings. The molecule has 0 spiro atoms. The van der Waals surface area contributed by atoms with E-state index in [1.807, 2.05) is 19.1 Å². The number of anilines is 1. The van der Waals surface area contributed by atoms with Gasteiger partial charge in [0.15, 0.2) is 11.6 Å². The normalized spacial score (nSPS) is 11.6. The summed E-state index contributed by atoms with van der Waals surface area (Å²) in [6, 6.07) is 12.2. The van der Waals surface area contributed by atoms with Gasteiger partial charge in [-0.2, -0.15) is 5.26 Å². The smallest absolute Gasteiger partial charge is 0.165 e. The number of methoxy groups -OCH3 is 1. The molecule has 0 bridgehead atoms. The maximum Gasteiger partial charge on any atom is 0.165 e. The molecular formula is C16H14BrFN2O. The molecule has 21 heavy (non-hydrogen) atoms. The van der Waals surface area contributed by atoms with Crippen molar-refractivity contribution in [3.63, 3.8) is 0 Å². The Morgan fingerprint density at radius 2 is 2.05 bits per heavy atom. The van der Waals surface area contributed by atoms with Crippen LogP contribution in [-0.2, 0) is 0 Å². The van der Waals surface area contributed by atoms with E-state index in [1.54, 1.807) is 18.2 Å². The second-order valence-electron chi connectivity index (χ2n) is 4.56. The van der Waals surface area contributed by atoms with Gasteiger partial charge < -0.3 is 10.1 Å². The van der Waals surface area contributed by atoms with Crippen molar-refractivity contribution in [3.05, 3.63) is 57.8 Å². The van der Waals surface area contributed by atoms with E-state index in [2.05, 4.69) is 27.3 Å². The Hall–Kier alpha value is -2.06. The lowest BCUT2D eigenvalue weighted by Gasteiger charge is -2.17. The molecule has 0 saturated heterocycles. The van der Waals surface area contributed by atoms with Crippen LogP contribution in [-0.4, -0.2) is 7.11 Å². The Kier molecular flexibility index (Phi) is 4.81. The summed E-state index contributed by atoms with van der Waals surface area (Å²) in [4.78, 5) is 0. The van der Waals surface area contributed by atoms with Gasteiger partial charge >= 0.3 is 0 Å². The monoisotopic (exact) mass is 348 g/mol. The average Bonchev–Trinajstić information content (AvgIpc) is 2.48. The number of benzene rings is 2. The molecule has 108 valence electrons. The van der Waals surface area contributed by atoms with Crippen LogP contribution in [0.1, 0.15) is 24.1 Å². The molecule has 0 aliphatic rings. The van der Waals surface area contributed by atoms with Gasteiger partial charge in [0.1, 0.15) is 6.07 Å². The number of halogens is 2. The molecule has 5 heteroatoms. The summed E-state index contributed by atoms with van der Waals surface area (Å²) in [6.45, 7) is 1.91. The fourth-order valence-corrected chi connectivity index (χ4v) is 2.36. The molecule has 0 aliphatic heterocycles. The van der Waals surface area contributed by atoms with Crippen LogP contribution in [0, 0.1) is 17.1 Å². The second kappa shape index (κ2) is 6.59. The van der Waals surface area contributed by atoms with Crippen molar-refractivity contribution < 1.29 is 9.13 Å². The highest BCUT2D eigenvalue weighted by molar-refractivity contribution is 9.10. The van der Waals surface area contributed by atoms with E-state index < -0.39 is 5.82 Å². The Balaban J connectivity index is 2.24. The Morgan fingerprint density at radius 1 is 1.29 bits per heavy atom. The van der Waals surface area contributed by atoms with Gasteiger partial charge in [0.05, 0.1) is 18.4 Å². The quantitative estimate of drug-likeness (QED) is 0.875. The number of nitrogens with zero attached hydrogens (tertiary/aromatic N) is 1. The predicted octanol–water partition coefficient (Wildman–Crippen LogP) is 4.64.